The molecule has 2 N–H and O–H groups in total. The first-order valence-corrected chi connectivity index (χ1v) is 11.2. The summed E-state index contributed by atoms with van der Waals surface area (Å²) in [4.78, 5) is 24.8. The summed E-state index contributed by atoms with van der Waals surface area (Å²) in [7, 11) is 0. The second-order valence-corrected chi connectivity index (χ2v) is 9.20. The molecular formula is C24H30Cl2N2O3. The molecule has 1 atom stereocenters. The van der Waals surface area contributed by atoms with Gasteiger partial charge in [-0.3, -0.25) is 4.79 Å². The minimum absolute atomic E-state index is 0.229. The molecule has 5 nitrogen and oxygen atoms in total. The maximum absolute atomic E-state index is 12.7. The minimum atomic E-state index is -0.634. The van der Waals surface area contributed by atoms with Crippen LogP contribution >= 0.6 is 23.2 Å². The zero-order valence-corrected chi connectivity index (χ0v) is 19.9. The van der Waals surface area contributed by atoms with E-state index < -0.39 is 17.7 Å². The largest absolute Gasteiger partial charge is 0.444 e. The van der Waals surface area contributed by atoms with Crippen molar-refractivity contribution in [2.24, 2.45) is 0 Å². The summed E-state index contributed by atoms with van der Waals surface area (Å²) in [5.41, 5.74) is 2.29. The van der Waals surface area contributed by atoms with Gasteiger partial charge < -0.3 is 15.4 Å². The van der Waals surface area contributed by atoms with Gasteiger partial charge in [0.25, 0.3) is 0 Å². The molecule has 31 heavy (non-hydrogen) atoms. The van der Waals surface area contributed by atoms with E-state index in [9.17, 15) is 9.59 Å². The Kier molecular flexibility index (Phi) is 9.20. The molecule has 2 amide bonds. The van der Waals surface area contributed by atoms with Crippen LogP contribution in [0.25, 0.3) is 11.1 Å². The Morgan fingerprint density at radius 1 is 1.00 bits per heavy atom. The number of benzene rings is 2. The summed E-state index contributed by atoms with van der Waals surface area (Å²) in [6.07, 6.45) is 1.72. The van der Waals surface area contributed by atoms with E-state index in [1.54, 1.807) is 26.8 Å². The molecule has 2 rings (SSSR count). The van der Waals surface area contributed by atoms with Crippen LogP contribution in [0.1, 0.15) is 52.5 Å². The quantitative estimate of drug-likeness (QED) is 0.477. The summed E-state index contributed by atoms with van der Waals surface area (Å²) < 4.78 is 5.28. The first-order valence-electron chi connectivity index (χ1n) is 10.4. The first-order chi connectivity index (χ1) is 14.6. The van der Waals surface area contributed by atoms with Crippen LogP contribution in [0.4, 0.5) is 4.79 Å². The van der Waals surface area contributed by atoms with E-state index in [-0.39, 0.29) is 5.91 Å². The molecule has 0 aromatic heterocycles. The van der Waals surface area contributed by atoms with Crippen LogP contribution in [0.3, 0.4) is 0 Å². The lowest BCUT2D eigenvalue weighted by atomic mass is 10.0. The van der Waals surface area contributed by atoms with Crippen LogP contribution in [-0.2, 0) is 16.1 Å². The average molecular weight is 465 g/mol. The molecule has 2 aromatic carbocycles. The number of carbonyl (C=O) groups excluding carboxylic acids is 2. The number of rotatable bonds is 8. The Morgan fingerprint density at radius 2 is 1.65 bits per heavy atom. The molecule has 0 spiro atoms. The third kappa shape index (κ3) is 8.42. The minimum Gasteiger partial charge on any atom is -0.444 e. The Bertz CT molecular complexity index is 893. The molecule has 7 heteroatoms. The predicted octanol–water partition coefficient (Wildman–Crippen LogP) is 6.36. The molecule has 168 valence electrons. The van der Waals surface area contributed by atoms with Crippen molar-refractivity contribution in [3.63, 3.8) is 0 Å². The van der Waals surface area contributed by atoms with Gasteiger partial charge in [0.05, 0.1) is 10.0 Å². The van der Waals surface area contributed by atoms with Gasteiger partial charge in [-0.05, 0) is 56.0 Å². The zero-order valence-electron chi connectivity index (χ0n) is 18.4. The smallest absolute Gasteiger partial charge is 0.408 e. The van der Waals surface area contributed by atoms with Crippen LogP contribution in [-0.4, -0.2) is 23.6 Å². The summed E-state index contributed by atoms with van der Waals surface area (Å²) >= 11 is 12.1. The third-order valence-corrected chi connectivity index (χ3v) is 5.27. The van der Waals surface area contributed by atoms with E-state index in [1.165, 1.54) is 0 Å². The third-order valence-electron chi connectivity index (χ3n) is 4.53. The van der Waals surface area contributed by atoms with E-state index in [2.05, 4.69) is 10.6 Å². The molecule has 2 aromatic rings. The van der Waals surface area contributed by atoms with Gasteiger partial charge in [0.15, 0.2) is 0 Å². The topological polar surface area (TPSA) is 67.4 Å². The van der Waals surface area contributed by atoms with Gasteiger partial charge in [0.1, 0.15) is 11.6 Å². The van der Waals surface area contributed by atoms with E-state index in [1.807, 2.05) is 43.3 Å². The zero-order chi connectivity index (χ0) is 23.0. The number of hydrogen-bond acceptors (Lipinski definition) is 3. The number of halogens is 2. The number of carbonyl (C=O) groups is 2. The predicted molar refractivity (Wildman–Crippen MR) is 126 cm³/mol. The normalized spacial score (nSPS) is 12.2. The molecule has 0 aliphatic heterocycles. The molecule has 0 saturated heterocycles. The highest BCUT2D eigenvalue weighted by molar-refractivity contribution is 6.42. The van der Waals surface area contributed by atoms with Crippen molar-refractivity contribution >= 4 is 35.2 Å². The first kappa shape index (κ1) is 25.0. The molecule has 0 aliphatic carbocycles. The Labute approximate surface area is 194 Å². The second kappa shape index (κ2) is 11.4. The number of amides is 2. The van der Waals surface area contributed by atoms with E-state index in [4.69, 9.17) is 27.9 Å². The average Bonchev–Trinajstić information content (AvgIpc) is 2.70. The molecule has 0 saturated carbocycles. The van der Waals surface area contributed by atoms with Crippen LogP contribution < -0.4 is 10.6 Å². The van der Waals surface area contributed by atoms with E-state index in [0.717, 1.165) is 29.5 Å². The SMILES string of the molecule is CCCC[C@H](NC(=O)OC(C)(C)C)C(=O)NCc1ccc(-c2ccc(Cl)c(Cl)c2)cc1. The van der Waals surface area contributed by atoms with Crippen molar-refractivity contribution in [1.29, 1.82) is 0 Å². The molecule has 0 unspecified atom stereocenters. The molecule has 0 aliphatic rings. The van der Waals surface area contributed by atoms with Crippen LogP contribution in [0.5, 0.6) is 0 Å². The fourth-order valence-corrected chi connectivity index (χ4v) is 3.23. The summed E-state index contributed by atoms with van der Waals surface area (Å²) in [6.45, 7) is 7.76. The van der Waals surface area contributed by atoms with Gasteiger partial charge in [0, 0.05) is 6.54 Å². The lowest BCUT2D eigenvalue weighted by Crippen LogP contribution is -2.48. The number of hydrogen-bond donors (Lipinski definition) is 2. The van der Waals surface area contributed by atoms with Gasteiger partial charge in [-0.2, -0.15) is 0 Å². The van der Waals surface area contributed by atoms with E-state index in [0.29, 0.717) is 23.0 Å². The summed E-state index contributed by atoms with van der Waals surface area (Å²) in [5, 5.41) is 6.61. The molecule has 0 radical (unpaired) electrons. The molecule has 0 bridgehead atoms. The van der Waals surface area contributed by atoms with Crippen molar-refractivity contribution < 1.29 is 14.3 Å². The molecule has 0 fully saturated rings. The van der Waals surface area contributed by atoms with E-state index >= 15 is 0 Å². The number of nitrogens with one attached hydrogen (secondary N) is 2. The van der Waals surface area contributed by atoms with Gasteiger partial charge >= 0.3 is 6.09 Å². The van der Waals surface area contributed by atoms with Crippen molar-refractivity contribution in [1.82, 2.24) is 10.6 Å². The van der Waals surface area contributed by atoms with Crippen molar-refractivity contribution in [3.05, 3.63) is 58.1 Å². The number of alkyl carbamates (subject to hydrolysis) is 1. The van der Waals surface area contributed by atoms with Crippen LogP contribution in [0.2, 0.25) is 10.0 Å². The molecular weight excluding hydrogens is 435 g/mol. The Balaban J connectivity index is 1.97. The van der Waals surface area contributed by atoms with Gasteiger partial charge in [-0.1, -0.05) is 73.3 Å². The second-order valence-electron chi connectivity index (χ2n) is 8.38. The highest BCUT2D eigenvalue weighted by Crippen LogP contribution is 2.28. The lowest BCUT2D eigenvalue weighted by molar-refractivity contribution is -0.123. The maximum Gasteiger partial charge on any atom is 0.408 e. The number of unbranched alkanes of at least 4 members (excludes halogenated alkanes) is 1. The summed E-state index contributed by atoms with van der Waals surface area (Å²) in [5.74, 6) is -0.229. The highest BCUT2D eigenvalue weighted by Gasteiger charge is 2.23. The van der Waals surface area contributed by atoms with Crippen LogP contribution in [0, 0.1) is 0 Å². The fourth-order valence-electron chi connectivity index (χ4n) is 2.93. The highest BCUT2D eigenvalue weighted by atomic mass is 35.5. The summed E-state index contributed by atoms with van der Waals surface area (Å²) in [6, 6.07) is 12.7. The maximum atomic E-state index is 12.7. The Morgan fingerprint density at radius 3 is 2.23 bits per heavy atom. The lowest BCUT2D eigenvalue weighted by Gasteiger charge is -2.23. The van der Waals surface area contributed by atoms with Gasteiger partial charge in [-0.15, -0.1) is 0 Å². The van der Waals surface area contributed by atoms with Gasteiger partial charge in [-0.25, -0.2) is 4.79 Å². The van der Waals surface area contributed by atoms with Crippen molar-refractivity contribution in [2.45, 2.75) is 65.1 Å². The fraction of sp³-hybridized carbons (Fsp3) is 0.417. The van der Waals surface area contributed by atoms with Gasteiger partial charge in [0.2, 0.25) is 5.91 Å². The number of ether oxygens (including phenoxy) is 1. The monoisotopic (exact) mass is 464 g/mol. The molecule has 0 heterocycles. The van der Waals surface area contributed by atoms with Crippen molar-refractivity contribution in [3.8, 4) is 11.1 Å². The van der Waals surface area contributed by atoms with Crippen LogP contribution in [0.15, 0.2) is 42.5 Å². The Hall–Kier alpha value is -2.24. The van der Waals surface area contributed by atoms with Crippen molar-refractivity contribution in [2.75, 3.05) is 0 Å². The standard InChI is InChI=1S/C24H30Cl2N2O3/c1-5-6-7-21(28-23(30)31-24(2,3)4)22(29)27-15-16-8-10-17(11-9-16)18-12-13-19(25)20(26)14-18/h8-14,21H,5-7,15H2,1-4H3,(H,27,29)(H,28,30)/t21-/m0/s1.